The zero-order valence-corrected chi connectivity index (χ0v) is 17.2. The monoisotopic (exact) mass is 413 g/mol. The summed E-state index contributed by atoms with van der Waals surface area (Å²) in [6, 6.07) is 23.3. The van der Waals surface area contributed by atoms with Crippen LogP contribution < -0.4 is 0 Å². The minimum absolute atomic E-state index is 0.572. The van der Waals surface area contributed by atoms with Crippen LogP contribution in [0.4, 0.5) is 0 Å². The summed E-state index contributed by atoms with van der Waals surface area (Å²) in [6.45, 7) is 0. The van der Waals surface area contributed by atoms with Gasteiger partial charge in [0.2, 0.25) is 0 Å². The van der Waals surface area contributed by atoms with E-state index in [1.54, 1.807) is 0 Å². The van der Waals surface area contributed by atoms with E-state index < -0.39 is 0 Å². The molecule has 0 spiro atoms. The van der Waals surface area contributed by atoms with Gasteiger partial charge in [0.15, 0.2) is 0 Å². The molecule has 0 fully saturated rings. The first kappa shape index (κ1) is 17.3. The molecule has 29 heavy (non-hydrogen) atoms. The maximum atomic E-state index is 6.57. The van der Waals surface area contributed by atoms with Gasteiger partial charge in [-0.05, 0) is 76.2 Å². The molecule has 3 heteroatoms. The summed E-state index contributed by atoms with van der Waals surface area (Å²) in [5.74, 6) is 0. The van der Waals surface area contributed by atoms with Gasteiger partial charge in [0, 0.05) is 10.9 Å². The summed E-state index contributed by atoms with van der Waals surface area (Å²) in [4.78, 5) is 5.11. The third-order valence-corrected chi connectivity index (χ3v) is 6.93. The molecule has 6 rings (SSSR count). The highest BCUT2D eigenvalue weighted by Crippen LogP contribution is 2.42. The SMILES string of the molecule is Clc1cccc(-c2nc3ccc4cc5ccccc5cc4c3c3c2CCC3)c1Cl. The fourth-order valence-electron chi connectivity index (χ4n) is 4.79. The number of aromatic nitrogens is 1. The Bertz CT molecular complexity index is 1450. The van der Waals surface area contributed by atoms with Crippen molar-refractivity contribution < 1.29 is 0 Å². The zero-order chi connectivity index (χ0) is 19.5. The molecule has 1 aliphatic carbocycles. The highest BCUT2D eigenvalue weighted by Gasteiger charge is 2.23. The molecule has 1 aliphatic rings. The second-order valence-electron chi connectivity index (χ2n) is 7.75. The van der Waals surface area contributed by atoms with E-state index in [0.29, 0.717) is 10.0 Å². The van der Waals surface area contributed by atoms with Gasteiger partial charge in [0.1, 0.15) is 0 Å². The molecule has 1 heterocycles. The fourth-order valence-corrected chi connectivity index (χ4v) is 5.18. The van der Waals surface area contributed by atoms with Gasteiger partial charge < -0.3 is 0 Å². The highest BCUT2D eigenvalue weighted by atomic mass is 35.5. The molecule has 0 aliphatic heterocycles. The Labute approximate surface area is 178 Å². The van der Waals surface area contributed by atoms with Gasteiger partial charge in [-0.2, -0.15) is 0 Å². The third kappa shape index (κ3) is 2.58. The molecular weight excluding hydrogens is 397 g/mol. The van der Waals surface area contributed by atoms with Crippen molar-refractivity contribution in [1.82, 2.24) is 4.98 Å². The minimum Gasteiger partial charge on any atom is -0.247 e. The number of hydrogen-bond donors (Lipinski definition) is 0. The molecule has 140 valence electrons. The maximum absolute atomic E-state index is 6.57. The van der Waals surface area contributed by atoms with Gasteiger partial charge >= 0.3 is 0 Å². The van der Waals surface area contributed by atoms with Crippen LogP contribution in [0.25, 0.3) is 43.7 Å². The van der Waals surface area contributed by atoms with Gasteiger partial charge in [-0.15, -0.1) is 0 Å². The van der Waals surface area contributed by atoms with Crippen molar-refractivity contribution in [3.05, 3.63) is 87.9 Å². The van der Waals surface area contributed by atoms with Crippen molar-refractivity contribution >= 4 is 55.6 Å². The van der Waals surface area contributed by atoms with Crippen LogP contribution >= 0.6 is 23.2 Å². The number of nitrogens with zero attached hydrogens (tertiary/aromatic N) is 1. The van der Waals surface area contributed by atoms with Crippen LogP contribution in [0.15, 0.2) is 66.7 Å². The van der Waals surface area contributed by atoms with Crippen molar-refractivity contribution in [1.29, 1.82) is 0 Å². The molecule has 0 bridgehead atoms. The van der Waals surface area contributed by atoms with E-state index in [1.807, 2.05) is 18.2 Å². The summed E-state index contributed by atoms with van der Waals surface area (Å²) in [5.41, 5.74) is 5.68. The van der Waals surface area contributed by atoms with E-state index in [-0.39, 0.29) is 0 Å². The van der Waals surface area contributed by atoms with Gasteiger partial charge in [-0.25, -0.2) is 4.98 Å². The fraction of sp³-hybridized carbons (Fsp3) is 0.115. The molecule has 1 nitrogen and oxygen atoms in total. The van der Waals surface area contributed by atoms with Gasteiger partial charge in [-0.3, -0.25) is 0 Å². The number of pyridine rings is 1. The Morgan fingerprint density at radius 2 is 1.52 bits per heavy atom. The van der Waals surface area contributed by atoms with E-state index in [0.717, 1.165) is 36.0 Å². The average Bonchev–Trinajstić information content (AvgIpc) is 3.23. The summed E-state index contributed by atoms with van der Waals surface area (Å²) >= 11 is 12.9. The molecule has 5 aromatic rings. The van der Waals surface area contributed by atoms with Crippen LogP contribution in [0.3, 0.4) is 0 Å². The summed E-state index contributed by atoms with van der Waals surface area (Å²) < 4.78 is 0. The number of halogens is 2. The van der Waals surface area contributed by atoms with E-state index in [2.05, 4.69) is 48.5 Å². The van der Waals surface area contributed by atoms with Gasteiger partial charge in [0.05, 0.1) is 21.3 Å². The second kappa shape index (κ2) is 6.45. The van der Waals surface area contributed by atoms with Gasteiger partial charge in [-0.1, -0.05) is 65.7 Å². The van der Waals surface area contributed by atoms with Crippen molar-refractivity contribution in [2.24, 2.45) is 0 Å². The van der Waals surface area contributed by atoms with Crippen LogP contribution in [0.5, 0.6) is 0 Å². The Morgan fingerprint density at radius 3 is 2.38 bits per heavy atom. The molecule has 0 atom stereocenters. The van der Waals surface area contributed by atoms with Crippen molar-refractivity contribution in [3.63, 3.8) is 0 Å². The van der Waals surface area contributed by atoms with E-state index in [1.165, 1.54) is 38.1 Å². The standard InChI is InChI=1S/C26H17Cl2N/c27-22-10-4-9-20(25(22)28)26-19-8-3-7-18(19)24-21-14-16-6-2-1-5-15(16)13-17(21)11-12-23(24)29-26/h1-2,4-6,9-14H,3,7-8H2. The highest BCUT2D eigenvalue weighted by molar-refractivity contribution is 6.43. The molecule has 4 aromatic carbocycles. The normalized spacial score (nSPS) is 13.4. The lowest BCUT2D eigenvalue weighted by atomic mass is 9.94. The van der Waals surface area contributed by atoms with Crippen LogP contribution in [0, 0.1) is 0 Å². The number of fused-ring (bicyclic) bond motifs is 6. The van der Waals surface area contributed by atoms with Gasteiger partial charge in [0.25, 0.3) is 0 Å². The Hall–Kier alpha value is -2.61. The predicted molar refractivity (Wildman–Crippen MR) is 124 cm³/mol. The van der Waals surface area contributed by atoms with Crippen LogP contribution in [-0.4, -0.2) is 4.98 Å². The summed E-state index contributed by atoms with van der Waals surface area (Å²) in [6.07, 6.45) is 3.25. The maximum Gasteiger partial charge on any atom is 0.0759 e. The molecule has 0 N–H and O–H groups in total. The third-order valence-electron chi connectivity index (χ3n) is 6.11. The molecular formula is C26H17Cl2N. The first-order valence-electron chi connectivity index (χ1n) is 9.92. The van der Waals surface area contributed by atoms with Crippen molar-refractivity contribution in [2.45, 2.75) is 19.3 Å². The molecule has 0 unspecified atom stereocenters. The number of rotatable bonds is 1. The largest absolute Gasteiger partial charge is 0.247 e. The van der Waals surface area contributed by atoms with Crippen LogP contribution in [0.2, 0.25) is 10.0 Å². The summed E-state index contributed by atoms with van der Waals surface area (Å²) in [7, 11) is 0. The molecule has 0 saturated carbocycles. The quantitative estimate of drug-likeness (QED) is 0.200. The smallest absolute Gasteiger partial charge is 0.0759 e. The number of benzene rings is 4. The number of aryl methyl sites for hydroxylation is 1. The zero-order valence-electron chi connectivity index (χ0n) is 15.7. The minimum atomic E-state index is 0.572. The van der Waals surface area contributed by atoms with Crippen LogP contribution in [-0.2, 0) is 12.8 Å². The first-order chi connectivity index (χ1) is 14.2. The topological polar surface area (TPSA) is 12.9 Å². The summed E-state index contributed by atoms with van der Waals surface area (Å²) in [5, 5.41) is 7.54. The lowest BCUT2D eigenvalue weighted by molar-refractivity contribution is 0.913. The second-order valence-corrected chi connectivity index (χ2v) is 8.54. The predicted octanol–water partition coefficient (Wildman–Crippen LogP) is 8.00. The van der Waals surface area contributed by atoms with Crippen LogP contribution in [0.1, 0.15) is 17.5 Å². The first-order valence-corrected chi connectivity index (χ1v) is 10.7. The van der Waals surface area contributed by atoms with E-state index >= 15 is 0 Å². The Kier molecular flexibility index (Phi) is 3.84. The Balaban J connectivity index is 1.74. The van der Waals surface area contributed by atoms with Crippen molar-refractivity contribution in [3.8, 4) is 11.3 Å². The molecule has 1 aromatic heterocycles. The molecule has 0 amide bonds. The van der Waals surface area contributed by atoms with Crippen molar-refractivity contribution in [2.75, 3.05) is 0 Å². The van der Waals surface area contributed by atoms with E-state index in [9.17, 15) is 0 Å². The lowest BCUT2D eigenvalue weighted by Crippen LogP contribution is -1.97. The number of hydrogen-bond acceptors (Lipinski definition) is 1. The van der Waals surface area contributed by atoms with E-state index in [4.69, 9.17) is 28.2 Å². The Morgan fingerprint density at radius 1 is 0.724 bits per heavy atom. The molecule has 0 saturated heterocycles. The lowest BCUT2D eigenvalue weighted by Gasteiger charge is -2.15. The average molecular weight is 414 g/mol. The molecule has 0 radical (unpaired) electrons.